The molecule has 0 saturated heterocycles. The summed E-state index contributed by atoms with van der Waals surface area (Å²) in [6, 6.07) is 19.6. The van der Waals surface area contributed by atoms with Crippen LogP contribution in [0.2, 0.25) is 31.9 Å². The van der Waals surface area contributed by atoms with E-state index >= 15 is 0 Å². The van der Waals surface area contributed by atoms with Crippen molar-refractivity contribution in [3.8, 4) is 11.1 Å². The predicted molar refractivity (Wildman–Crippen MR) is 102 cm³/mol. The van der Waals surface area contributed by atoms with E-state index in [1.165, 1.54) is 22.0 Å². The molecule has 0 aliphatic carbocycles. The zero-order chi connectivity index (χ0) is 15.5. The lowest BCUT2D eigenvalue weighted by Crippen LogP contribution is -2.53. The van der Waals surface area contributed by atoms with E-state index in [-0.39, 0.29) is 0 Å². The molecule has 0 fully saturated rings. The minimum atomic E-state index is -1.64. The molecule has 0 bridgehead atoms. The van der Waals surface area contributed by atoms with Crippen LogP contribution in [0.5, 0.6) is 0 Å². The van der Waals surface area contributed by atoms with Gasteiger partial charge >= 0.3 is 0 Å². The minimum Gasteiger partial charge on any atom is -0.130 e. The fourth-order valence-electron chi connectivity index (χ4n) is 3.26. The van der Waals surface area contributed by atoms with Crippen molar-refractivity contribution in [2.24, 2.45) is 0 Å². The van der Waals surface area contributed by atoms with Gasteiger partial charge in [-0.25, -0.2) is 0 Å². The fraction of sp³-hybridized carbons (Fsp3) is 0.333. The summed E-state index contributed by atoms with van der Waals surface area (Å²) in [5.74, 6) is 0. The van der Waals surface area contributed by atoms with Gasteiger partial charge in [0.05, 0.1) is 8.07 Å². The van der Waals surface area contributed by atoms with Crippen LogP contribution in [0.3, 0.4) is 0 Å². The third kappa shape index (κ3) is 4.09. The van der Waals surface area contributed by atoms with Crippen molar-refractivity contribution in [3.05, 3.63) is 54.6 Å². The van der Waals surface area contributed by atoms with Gasteiger partial charge in [0.25, 0.3) is 0 Å². The summed E-state index contributed by atoms with van der Waals surface area (Å²) in [6.45, 7) is 9.82. The number of hydrogen-bond donors (Lipinski definition) is 0. The van der Waals surface area contributed by atoms with Crippen molar-refractivity contribution in [2.75, 3.05) is 5.50 Å². The van der Waals surface area contributed by atoms with Gasteiger partial charge in [0, 0.05) is 13.6 Å². The average molecular weight is 333 g/mol. The first-order chi connectivity index (χ1) is 9.86. The van der Waals surface area contributed by atoms with E-state index < -0.39 is 16.1 Å². The summed E-state index contributed by atoms with van der Waals surface area (Å²) >= 11 is 6.49. The van der Waals surface area contributed by atoms with Gasteiger partial charge in [-0.2, -0.15) is 0 Å². The molecule has 0 heterocycles. The van der Waals surface area contributed by atoms with Crippen molar-refractivity contribution in [1.82, 2.24) is 0 Å². The Morgan fingerprint density at radius 3 is 1.95 bits per heavy atom. The summed E-state index contributed by atoms with van der Waals surface area (Å²) in [5.41, 5.74) is 4.84. The topological polar surface area (TPSA) is 0 Å². The van der Waals surface area contributed by atoms with Crippen molar-refractivity contribution < 1.29 is 0 Å². The molecule has 0 amide bonds. The Balaban J connectivity index is 2.53. The maximum atomic E-state index is 6.49. The van der Waals surface area contributed by atoms with Crippen molar-refractivity contribution in [3.63, 3.8) is 0 Å². The number of rotatable bonds is 5. The van der Waals surface area contributed by atoms with Gasteiger partial charge in [0.2, 0.25) is 0 Å². The molecule has 2 rings (SSSR count). The second-order valence-electron chi connectivity index (χ2n) is 7.34. The Morgan fingerprint density at radius 2 is 1.38 bits per heavy atom. The standard InChI is InChI=1S/C18H25ClSi2/c1-20(2,3)15-21(4,14-19)18-13-9-8-12-17(18)16-10-6-5-7-11-16/h5-13H,14-15H2,1-4H3. The molecular formula is C18H25ClSi2. The maximum absolute atomic E-state index is 6.49. The highest BCUT2D eigenvalue weighted by atomic mass is 35.5. The van der Waals surface area contributed by atoms with Crippen LogP contribution < -0.4 is 5.19 Å². The van der Waals surface area contributed by atoms with Gasteiger partial charge < -0.3 is 0 Å². The minimum absolute atomic E-state index is 0.807. The molecule has 0 aliphatic heterocycles. The predicted octanol–water partition coefficient (Wildman–Crippen LogP) is 5.29. The van der Waals surface area contributed by atoms with Crippen LogP contribution in [-0.2, 0) is 0 Å². The lowest BCUT2D eigenvalue weighted by molar-refractivity contribution is 1.51. The molecule has 0 N–H and O–H groups in total. The third-order valence-electron chi connectivity index (χ3n) is 3.88. The van der Waals surface area contributed by atoms with Gasteiger partial charge in [0.15, 0.2) is 0 Å². The second-order valence-corrected chi connectivity index (χ2v) is 18.6. The largest absolute Gasteiger partial charge is 0.130 e. The highest BCUT2D eigenvalue weighted by molar-refractivity contribution is 7.05. The Morgan fingerprint density at radius 1 is 0.810 bits per heavy atom. The van der Waals surface area contributed by atoms with E-state index in [0.29, 0.717) is 0 Å². The SMILES string of the molecule is C[Si](C)(C)C[Si](C)(CCl)c1ccccc1-c1ccccc1. The van der Waals surface area contributed by atoms with E-state index in [0.717, 1.165) is 5.50 Å². The Hall–Kier alpha value is -0.836. The molecule has 3 heteroatoms. The monoisotopic (exact) mass is 332 g/mol. The number of benzene rings is 2. The quantitative estimate of drug-likeness (QED) is 0.515. The molecule has 1 unspecified atom stereocenters. The second kappa shape index (κ2) is 6.51. The summed E-state index contributed by atoms with van der Waals surface area (Å²) < 4.78 is 0. The normalized spacial score (nSPS) is 14.7. The van der Waals surface area contributed by atoms with Crippen molar-refractivity contribution in [1.29, 1.82) is 0 Å². The number of alkyl halides is 1. The molecule has 0 saturated carbocycles. The molecule has 0 nitrogen and oxygen atoms in total. The molecule has 0 radical (unpaired) electrons. The number of halogens is 1. The van der Waals surface area contributed by atoms with Crippen LogP contribution in [0.15, 0.2) is 54.6 Å². The molecule has 2 aromatic carbocycles. The van der Waals surface area contributed by atoms with Crippen molar-refractivity contribution >= 4 is 32.9 Å². The Kier molecular flexibility index (Phi) is 5.13. The van der Waals surface area contributed by atoms with E-state index in [4.69, 9.17) is 11.6 Å². The van der Waals surface area contributed by atoms with Gasteiger partial charge in [-0.1, -0.05) is 91.6 Å². The summed E-state index contributed by atoms with van der Waals surface area (Å²) in [6.07, 6.45) is 0. The van der Waals surface area contributed by atoms with E-state index in [9.17, 15) is 0 Å². The Labute approximate surface area is 136 Å². The van der Waals surface area contributed by atoms with E-state index in [1.807, 2.05) is 0 Å². The highest BCUT2D eigenvalue weighted by Crippen LogP contribution is 2.26. The first kappa shape index (κ1) is 16.5. The molecule has 0 spiro atoms. The van der Waals surface area contributed by atoms with Crippen LogP contribution in [0.1, 0.15) is 0 Å². The highest BCUT2D eigenvalue weighted by Gasteiger charge is 2.35. The smallest absolute Gasteiger partial charge is 0.0972 e. The van der Waals surface area contributed by atoms with Gasteiger partial charge in [0.1, 0.15) is 0 Å². The van der Waals surface area contributed by atoms with Crippen LogP contribution in [0, 0.1) is 0 Å². The van der Waals surface area contributed by atoms with Crippen LogP contribution in [0.25, 0.3) is 11.1 Å². The Bertz CT molecular complexity index is 590. The summed E-state index contributed by atoms with van der Waals surface area (Å²) in [4.78, 5) is 0. The number of hydrogen-bond acceptors (Lipinski definition) is 0. The zero-order valence-corrected chi connectivity index (χ0v) is 16.2. The molecule has 0 aliphatic rings. The van der Waals surface area contributed by atoms with Crippen LogP contribution in [-0.4, -0.2) is 21.7 Å². The lowest BCUT2D eigenvalue weighted by atomic mass is 10.1. The van der Waals surface area contributed by atoms with E-state index in [1.54, 1.807) is 0 Å². The molecule has 1 atom stereocenters. The average Bonchev–Trinajstić information content (AvgIpc) is 2.46. The van der Waals surface area contributed by atoms with Gasteiger partial charge in [-0.3, -0.25) is 0 Å². The first-order valence-electron chi connectivity index (χ1n) is 7.57. The lowest BCUT2D eigenvalue weighted by Gasteiger charge is -2.33. The summed E-state index contributed by atoms with van der Waals surface area (Å²) in [5, 5.41) is 1.52. The molecule has 21 heavy (non-hydrogen) atoms. The fourth-order valence-corrected chi connectivity index (χ4v) is 16.6. The third-order valence-corrected chi connectivity index (χ3v) is 15.3. The van der Waals surface area contributed by atoms with E-state index in [2.05, 4.69) is 80.8 Å². The van der Waals surface area contributed by atoms with Crippen molar-refractivity contribution in [2.45, 2.75) is 31.9 Å². The molecule has 0 aromatic heterocycles. The molecule has 112 valence electrons. The zero-order valence-electron chi connectivity index (χ0n) is 13.5. The molecular weight excluding hydrogens is 308 g/mol. The maximum Gasteiger partial charge on any atom is 0.0972 e. The van der Waals surface area contributed by atoms with Crippen LogP contribution >= 0.6 is 11.6 Å². The molecule has 2 aromatic rings. The summed E-state index contributed by atoms with van der Waals surface area (Å²) in [7, 11) is -2.78. The van der Waals surface area contributed by atoms with Gasteiger partial charge in [-0.05, 0) is 11.1 Å². The van der Waals surface area contributed by atoms with Crippen LogP contribution in [0.4, 0.5) is 0 Å². The first-order valence-corrected chi connectivity index (χ1v) is 14.7. The van der Waals surface area contributed by atoms with Gasteiger partial charge in [-0.15, -0.1) is 11.6 Å².